The van der Waals surface area contributed by atoms with E-state index in [4.69, 9.17) is 14.2 Å². The molecule has 0 aliphatic carbocycles. The lowest BCUT2D eigenvalue weighted by Crippen LogP contribution is -2.47. The van der Waals surface area contributed by atoms with Crippen molar-refractivity contribution in [2.75, 3.05) is 25.2 Å². The molecule has 4 rings (SSSR count). The van der Waals surface area contributed by atoms with Crippen LogP contribution < -0.4 is 9.64 Å². The van der Waals surface area contributed by atoms with Crippen molar-refractivity contribution < 1.29 is 19.0 Å². The largest absolute Gasteiger partial charge is 0.496 e. The Balaban J connectivity index is 1.94. The van der Waals surface area contributed by atoms with E-state index in [0.29, 0.717) is 26.4 Å². The van der Waals surface area contributed by atoms with Crippen molar-refractivity contribution in [2.24, 2.45) is 5.41 Å². The lowest BCUT2D eigenvalue weighted by Gasteiger charge is -2.38. The summed E-state index contributed by atoms with van der Waals surface area (Å²) in [6.07, 6.45) is -0.304. The lowest BCUT2D eigenvalue weighted by molar-refractivity contribution is 0.0823. The number of amides is 1. The number of cyclic esters (lactones) is 1. The molecule has 5 heteroatoms. The first-order valence-corrected chi connectivity index (χ1v) is 9.21. The monoisotopic (exact) mass is 367 g/mol. The highest BCUT2D eigenvalue weighted by atomic mass is 16.6. The third-order valence-corrected chi connectivity index (χ3v) is 5.24. The molecule has 0 bridgehead atoms. The van der Waals surface area contributed by atoms with Crippen LogP contribution in [0.2, 0.25) is 0 Å². The van der Waals surface area contributed by atoms with Gasteiger partial charge in [0.1, 0.15) is 5.75 Å². The average Bonchev–Trinajstić information content (AvgIpc) is 3.10. The molecule has 27 heavy (non-hydrogen) atoms. The summed E-state index contributed by atoms with van der Waals surface area (Å²) < 4.78 is 16.8. The molecule has 2 aromatic rings. The van der Waals surface area contributed by atoms with E-state index >= 15 is 0 Å². The predicted molar refractivity (Wildman–Crippen MR) is 104 cm³/mol. The number of aryl methyl sites for hydroxylation is 1. The van der Waals surface area contributed by atoms with Gasteiger partial charge in [-0.2, -0.15) is 0 Å². The second kappa shape index (κ2) is 6.57. The first-order chi connectivity index (χ1) is 12.9. The number of nitrogens with zero attached hydrogens (tertiary/aromatic N) is 1. The van der Waals surface area contributed by atoms with Gasteiger partial charge in [0.25, 0.3) is 0 Å². The SMILES string of the molecule is COc1cccc(C)c1-c1cc2c(cc1N1CC(C)(C)COC1=O)COC2. The zero-order valence-corrected chi connectivity index (χ0v) is 16.3. The minimum atomic E-state index is -0.304. The van der Waals surface area contributed by atoms with E-state index in [2.05, 4.69) is 39.0 Å². The van der Waals surface area contributed by atoms with Crippen molar-refractivity contribution >= 4 is 11.8 Å². The van der Waals surface area contributed by atoms with Crippen LogP contribution in [0.1, 0.15) is 30.5 Å². The van der Waals surface area contributed by atoms with Crippen LogP contribution in [0.25, 0.3) is 11.1 Å². The third kappa shape index (κ3) is 3.16. The minimum absolute atomic E-state index is 0.115. The highest BCUT2D eigenvalue weighted by molar-refractivity contribution is 5.96. The van der Waals surface area contributed by atoms with E-state index in [1.807, 2.05) is 12.1 Å². The Morgan fingerprint density at radius 2 is 1.89 bits per heavy atom. The fourth-order valence-electron chi connectivity index (χ4n) is 3.85. The van der Waals surface area contributed by atoms with E-state index in [1.165, 1.54) is 0 Å². The van der Waals surface area contributed by atoms with Gasteiger partial charge in [0.2, 0.25) is 0 Å². The van der Waals surface area contributed by atoms with E-state index in [0.717, 1.165) is 39.3 Å². The Morgan fingerprint density at radius 1 is 1.15 bits per heavy atom. The molecule has 142 valence electrons. The molecule has 0 unspecified atom stereocenters. The van der Waals surface area contributed by atoms with Crippen LogP contribution in [0.4, 0.5) is 10.5 Å². The van der Waals surface area contributed by atoms with Crippen molar-refractivity contribution in [3.05, 3.63) is 47.0 Å². The summed E-state index contributed by atoms with van der Waals surface area (Å²) in [5.74, 6) is 0.791. The van der Waals surface area contributed by atoms with E-state index in [1.54, 1.807) is 12.0 Å². The Bertz CT molecular complexity index is 903. The van der Waals surface area contributed by atoms with E-state index in [9.17, 15) is 4.79 Å². The molecule has 2 aromatic carbocycles. The minimum Gasteiger partial charge on any atom is -0.496 e. The van der Waals surface area contributed by atoms with Gasteiger partial charge in [0.05, 0.1) is 32.6 Å². The van der Waals surface area contributed by atoms with Crippen LogP contribution in [0.3, 0.4) is 0 Å². The number of carbonyl (C=O) groups excluding carboxylic acids is 1. The van der Waals surface area contributed by atoms with Crippen LogP contribution in [-0.4, -0.2) is 26.4 Å². The van der Waals surface area contributed by atoms with Gasteiger partial charge >= 0.3 is 6.09 Å². The lowest BCUT2D eigenvalue weighted by atomic mass is 9.90. The zero-order chi connectivity index (χ0) is 19.2. The molecule has 0 radical (unpaired) electrons. The molecule has 1 fully saturated rings. The highest BCUT2D eigenvalue weighted by Gasteiger charge is 2.36. The number of anilines is 1. The smallest absolute Gasteiger partial charge is 0.414 e. The van der Waals surface area contributed by atoms with Gasteiger partial charge in [-0.1, -0.05) is 26.0 Å². The fraction of sp³-hybridized carbons (Fsp3) is 0.409. The van der Waals surface area contributed by atoms with Gasteiger partial charge in [-0.25, -0.2) is 4.79 Å². The third-order valence-electron chi connectivity index (χ3n) is 5.24. The molecule has 1 amide bonds. The second-order valence-electron chi connectivity index (χ2n) is 8.09. The van der Waals surface area contributed by atoms with Gasteiger partial charge in [-0.05, 0) is 41.8 Å². The van der Waals surface area contributed by atoms with E-state index < -0.39 is 0 Å². The van der Waals surface area contributed by atoms with Crippen molar-refractivity contribution in [3.8, 4) is 16.9 Å². The molecule has 2 aliphatic heterocycles. The topological polar surface area (TPSA) is 48.0 Å². The summed E-state index contributed by atoms with van der Waals surface area (Å²) in [4.78, 5) is 14.4. The number of rotatable bonds is 3. The zero-order valence-electron chi connectivity index (χ0n) is 16.3. The summed E-state index contributed by atoms with van der Waals surface area (Å²) >= 11 is 0. The molecule has 0 N–H and O–H groups in total. The van der Waals surface area contributed by atoms with Crippen molar-refractivity contribution in [1.82, 2.24) is 0 Å². The molecule has 2 heterocycles. The Labute approximate surface area is 159 Å². The van der Waals surface area contributed by atoms with Crippen LogP contribution in [0.5, 0.6) is 5.75 Å². The van der Waals surface area contributed by atoms with Gasteiger partial charge in [-0.3, -0.25) is 4.90 Å². The first kappa shape index (κ1) is 17.9. The van der Waals surface area contributed by atoms with Crippen molar-refractivity contribution in [1.29, 1.82) is 0 Å². The molecule has 0 atom stereocenters. The summed E-state index contributed by atoms with van der Waals surface area (Å²) in [7, 11) is 1.67. The average molecular weight is 367 g/mol. The number of fused-ring (bicyclic) bond motifs is 1. The molecule has 0 aromatic heterocycles. The van der Waals surface area contributed by atoms with Gasteiger partial charge in [-0.15, -0.1) is 0 Å². The molecule has 0 saturated carbocycles. The summed E-state index contributed by atoms with van der Waals surface area (Å²) in [5, 5.41) is 0. The Morgan fingerprint density at radius 3 is 2.63 bits per heavy atom. The van der Waals surface area contributed by atoms with Crippen molar-refractivity contribution in [2.45, 2.75) is 34.0 Å². The molecular formula is C22H25NO4. The standard InChI is InChI=1S/C22H25NO4/c1-14-6-5-7-19(25-4)20(14)17-8-15-10-26-11-16(15)9-18(17)23-12-22(2,3)13-27-21(23)24/h5-9H,10-13H2,1-4H3. The Kier molecular flexibility index (Phi) is 4.35. The second-order valence-corrected chi connectivity index (χ2v) is 8.09. The molecule has 0 spiro atoms. The first-order valence-electron chi connectivity index (χ1n) is 9.21. The van der Waals surface area contributed by atoms with Crippen LogP contribution >= 0.6 is 0 Å². The number of ether oxygens (including phenoxy) is 3. The maximum Gasteiger partial charge on any atom is 0.414 e. The molecule has 1 saturated heterocycles. The Hall–Kier alpha value is -2.53. The van der Waals surface area contributed by atoms with Gasteiger partial charge < -0.3 is 14.2 Å². The van der Waals surface area contributed by atoms with Crippen molar-refractivity contribution in [3.63, 3.8) is 0 Å². The highest BCUT2D eigenvalue weighted by Crippen LogP contribution is 2.43. The predicted octanol–water partition coefficient (Wildman–Crippen LogP) is 4.68. The quantitative estimate of drug-likeness (QED) is 0.790. The van der Waals surface area contributed by atoms with E-state index in [-0.39, 0.29) is 11.5 Å². The van der Waals surface area contributed by atoms with Crippen LogP contribution in [0, 0.1) is 12.3 Å². The number of hydrogen-bond acceptors (Lipinski definition) is 4. The van der Waals surface area contributed by atoms with Crippen LogP contribution in [-0.2, 0) is 22.7 Å². The normalized spacial score (nSPS) is 18.2. The maximum absolute atomic E-state index is 12.6. The number of carbonyl (C=O) groups is 1. The fourth-order valence-corrected chi connectivity index (χ4v) is 3.85. The summed E-state index contributed by atoms with van der Waals surface area (Å²) in [5.41, 5.74) is 6.09. The number of methoxy groups -OCH3 is 1. The number of benzene rings is 2. The maximum atomic E-state index is 12.6. The molecule has 5 nitrogen and oxygen atoms in total. The summed E-state index contributed by atoms with van der Waals surface area (Å²) in [6.45, 7) is 8.47. The van der Waals surface area contributed by atoms with Gasteiger partial charge in [0, 0.05) is 23.1 Å². The van der Waals surface area contributed by atoms with Crippen LogP contribution in [0.15, 0.2) is 30.3 Å². The summed E-state index contributed by atoms with van der Waals surface area (Å²) in [6, 6.07) is 10.2. The molecular weight excluding hydrogens is 342 g/mol. The molecule has 2 aliphatic rings. The number of hydrogen-bond donors (Lipinski definition) is 0. The van der Waals surface area contributed by atoms with Gasteiger partial charge in [0.15, 0.2) is 0 Å².